The van der Waals surface area contributed by atoms with E-state index in [1.54, 1.807) is 0 Å². The van der Waals surface area contributed by atoms with E-state index in [-0.39, 0.29) is 17.6 Å². The van der Waals surface area contributed by atoms with Crippen LogP contribution in [0.25, 0.3) is 11.0 Å². The number of imidazole rings is 1. The summed E-state index contributed by atoms with van der Waals surface area (Å²) < 4.78 is 1.86. The lowest BCUT2D eigenvalue weighted by Crippen LogP contribution is -2.40. The molecule has 4 rings (SSSR count). The number of aryl methyl sites for hydroxylation is 2. The van der Waals surface area contributed by atoms with Gasteiger partial charge in [0.15, 0.2) is 0 Å². The first-order valence-electron chi connectivity index (χ1n) is 9.10. The molecule has 3 aromatic rings. The van der Waals surface area contributed by atoms with Gasteiger partial charge in [-0.3, -0.25) is 9.36 Å². The molecule has 5 heteroatoms. The van der Waals surface area contributed by atoms with E-state index in [1.807, 2.05) is 59.7 Å². The number of H-pyrrole nitrogens is 1. The van der Waals surface area contributed by atoms with Crippen molar-refractivity contribution < 1.29 is 4.79 Å². The van der Waals surface area contributed by atoms with E-state index < -0.39 is 0 Å². The lowest BCUT2D eigenvalue weighted by Gasteiger charge is -2.32. The SMILES string of the molecule is Cc1cc(C)cc(C(=O)N2CCC(n3c(=O)[nH]c4ccccc43)CC2)c1. The lowest BCUT2D eigenvalue weighted by atomic mass is 10.0. The van der Waals surface area contributed by atoms with Crippen LogP contribution in [0.15, 0.2) is 47.3 Å². The van der Waals surface area contributed by atoms with Gasteiger partial charge in [0.05, 0.1) is 11.0 Å². The molecule has 1 aliphatic heterocycles. The summed E-state index contributed by atoms with van der Waals surface area (Å²) in [7, 11) is 0. The fraction of sp³-hybridized carbons (Fsp3) is 0.333. The van der Waals surface area contributed by atoms with Crippen molar-refractivity contribution in [3.05, 3.63) is 69.6 Å². The number of rotatable bonds is 2. The van der Waals surface area contributed by atoms with Gasteiger partial charge in [-0.05, 0) is 51.0 Å². The summed E-state index contributed by atoms with van der Waals surface area (Å²) >= 11 is 0. The van der Waals surface area contributed by atoms with Gasteiger partial charge in [0.25, 0.3) is 5.91 Å². The molecule has 1 aromatic heterocycles. The molecule has 0 bridgehead atoms. The molecule has 1 saturated heterocycles. The second kappa shape index (κ2) is 6.48. The zero-order chi connectivity index (χ0) is 18.3. The normalized spacial score (nSPS) is 15.5. The smallest absolute Gasteiger partial charge is 0.326 e. The number of hydrogen-bond donors (Lipinski definition) is 1. The van der Waals surface area contributed by atoms with Gasteiger partial charge in [-0.1, -0.05) is 29.3 Å². The van der Waals surface area contributed by atoms with Crippen molar-refractivity contribution in [1.82, 2.24) is 14.5 Å². The second-order valence-electron chi connectivity index (χ2n) is 7.22. The fourth-order valence-corrected chi connectivity index (χ4v) is 4.04. The van der Waals surface area contributed by atoms with E-state index in [2.05, 4.69) is 11.1 Å². The minimum atomic E-state index is -0.0646. The van der Waals surface area contributed by atoms with E-state index in [0.29, 0.717) is 13.1 Å². The Hall–Kier alpha value is -2.82. The molecule has 1 N–H and O–H groups in total. The van der Waals surface area contributed by atoms with Gasteiger partial charge in [-0.25, -0.2) is 4.79 Å². The number of hydrogen-bond acceptors (Lipinski definition) is 2. The van der Waals surface area contributed by atoms with Crippen LogP contribution in [0.1, 0.15) is 40.4 Å². The third-order valence-electron chi connectivity index (χ3n) is 5.21. The highest BCUT2D eigenvalue weighted by molar-refractivity contribution is 5.94. The first-order chi connectivity index (χ1) is 12.5. The van der Waals surface area contributed by atoms with Crippen molar-refractivity contribution in [3.8, 4) is 0 Å². The van der Waals surface area contributed by atoms with Gasteiger partial charge in [-0.15, -0.1) is 0 Å². The fourth-order valence-electron chi connectivity index (χ4n) is 4.04. The molecular formula is C21H23N3O2. The summed E-state index contributed by atoms with van der Waals surface area (Å²) in [6.07, 6.45) is 1.58. The molecule has 134 valence electrons. The summed E-state index contributed by atoms with van der Waals surface area (Å²) in [4.78, 5) is 30.0. The number of para-hydroxylation sites is 2. The van der Waals surface area contributed by atoms with E-state index in [9.17, 15) is 9.59 Å². The van der Waals surface area contributed by atoms with Crippen LogP contribution in [-0.2, 0) is 0 Å². The Morgan fingerprint density at radius 3 is 2.38 bits per heavy atom. The molecule has 1 amide bonds. The number of aromatic nitrogens is 2. The predicted octanol–water partition coefficient (Wildman–Crippen LogP) is 3.42. The Labute approximate surface area is 152 Å². The second-order valence-corrected chi connectivity index (χ2v) is 7.22. The third-order valence-corrected chi connectivity index (χ3v) is 5.21. The molecule has 2 heterocycles. The minimum absolute atomic E-state index is 0.0646. The van der Waals surface area contributed by atoms with Crippen LogP contribution in [-0.4, -0.2) is 33.4 Å². The average molecular weight is 349 g/mol. The van der Waals surface area contributed by atoms with Crippen molar-refractivity contribution in [2.75, 3.05) is 13.1 Å². The lowest BCUT2D eigenvalue weighted by molar-refractivity contribution is 0.0695. The molecule has 0 unspecified atom stereocenters. The highest BCUT2D eigenvalue weighted by Gasteiger charge is 2.26. The zero-order valence-electron chi connectivity index (χ0n) is 15.2. The van der Waals surface area contributed by atoms with Crippen molar-refractivity contribution in [2.24, 2.45) is 0 Å². The van der Waals surface area contributed by atoms with Gasteiger partial charge in [0, 0.05) is 24.7 Å². The topological polar surface area (TPSA) is 58.1 Å². The molecule has 1 fully saturated rings. The molecule has 0 atom stereocenters. The summed E-state index contributed by atoms with van der Waals surface area (Å²) in [5, 5.41) is 0. The number of nitrogens with zero attached hydrogens (tertiary/aromatic N) is 2. The monoisotopic (exact) mass is 349 g/mol. The van der Waals surface area contributed by atoms with Gasteiger partial charge in [-0.2, -0.15) is 0 Å². The van der Waals surface area contributed by atoms with E-state index in [4.69, 9.17) is 0 Å². The highest BCUT2D eigenvalue weighted by Crippen LogP contribution is 2.26. The molecule has 0 saturated carbocycles. The van der Waals surface area contributed by atoms with Gasteiger partial charge in [0.2, 0.25) is 0 Å². The molecule has 26 heavy (non-hydrogen) atoms. The first-order valence-corrected chi connectivity index (χ1v) is 9.10. The average Bonchev–Trinajstić information content (AvgIpc) is 2.96. The van der Waals surface area contributed by atoms with Crippen LogP contribution < -0.4 is 5.69 Å². The van der Waals surface area contributed by atoms with Crippen LogP contribution in [0.4, 0.5) is 0 Å². The Morgan fingerprint density at radius 1 is 1.04 bits per heavy atom. The largest absolute Gasteiger partial charge is 0.338 e. The molecule has 2 aromatic carbocycles. The van der Waals surface area contributed by atoms with Crippen molar-refractivity contribution >= 4 is 16.9 Å². The van der Waals surface area contributed by atoms with Gasteiger partial charge >= 0.3 is 5.69 Å². The number of piperidine rings is 1. The summed E-state index contributed by atoms with van der Waals surface area (Å²) in [6, 6.07) is 13.9. The maximum atomic E-state index is 12.8. The molecule has 1 aliphatic rings. The molecular weight excluding hydrogens is 326 g/mol. The Balaban J connectivity index is 1.53. The van der Waals surface area contributed by atoms with E-state index in [0.717, 1.165) is 40.6 Å². The van der Waals surface area contributed by atoms with Crippen LogP contribution in [0.5, 0.6) is 0 Å². The summed E-state index contributed by atoms with van der Waals surface area (Å²) in [6.45, 7) is 5.36. The first kappa shape index (κ1) is 16.6. The minimum Gasteiger partial charge on any atom is -0.338 e. The van der Waals surface area contributed by atoms with Crippen molar-refractivity contribution in [3.63, 3.8) is 0 Å². The summed E-state index contributed by atoms with van der Waals surface area (Å²) in [5.74, 6) is 0.0847. The Bertz CT molecular complexity index is 1000. The van der Waals surface area contributed by atoms with Crippen molar-refractivity contribution in [1.29, 1.82) is 0 Å². The number of aromatic amines is 1. The van der Waals surface area contributed by atoms with Crippen LogP contribution in [0.2, 0.25) is 0 Å². The van der Waals surface area contributed by atoms with Crippen molar-refractivity contribution in [2.45, 2.75) is 32.7 Å². The maximum absolute atomic E-state index is 12.8. The van der Waals surface area contributed by atoms with Gasteiger partial charge < -0.3 is 9.88 Å². The molecule has 0 spiro atoms. The molecule has 5 nitrogen and oxygen atoms in total. The van der Waals surface area contributed by atoms with E-state index in [1.165, 1.54) is 0 Å². The van der Waals surface area contributed by atoms with Crippen LogP contribution in [0, 0.1) is 13.8 Å². The maximum Gasteiger partial charge on any atom is 0.326 e. The number of likely N-dealkylation sites (tertiary alicyclic amines) is 1. The highest BCUT2D eigenvalue weighted by atomic mass is 16.2. The predicted molar refractivity (Wildman–Crippen MR) is 103 cm³/mol. The number of fused-ring (bicyclic) bond motifs is 1. The Kier molecular flexibility index (Phi) is 4.15. The zero-order valence-corrected chi connectivity index (χ0v) is 15.2. The van der Waals surface area contributed by atoms with Crippen LogP contribution in [0.3, 0.4) is 0 Å². The molecule has 0 radical (unpaired) electrons. The standard InChI is InChI=1S/C21H23N3O2/c1-14-11-15(2)13-16(12-14)20(25)23-9-7-17(8-10-23)24-19-6-4-3-5-18(19)22-21(24)26/h3-6,11-13,17H,7-10H2,1-2H3,(H,22,26). The van der Waals surface area contributed by atoms with Crippen LogP contribution >= 0.6 is 0 Å². The van der Waals surface area contributed by atoms with Gasteiger partial charge in [0.1, 0.15) is 0 Å². The number of carbonyl (C=O) groups is 1. The number of carbonyl (C=O) groups excluding carboxylic acids is 1. The quantitative estimate of drug-likeness (QED) is 0.771. The number of amides is 1. The number of benzene rings is 2. The summed E-state index contributed by atoms with van der Waals surface area (Å²) in [5.41, 5.74) is 4.71. The van der Waals surface area contributed by atoms with E-state index >= 15 is 0 Å². The Morgan fingerprint density at radius 2 is 1.69 bits per heavy atom. The number of nitrogens with one attached hydrogen (secondary N) is 1. The molecule has 0 aliphatic carbocycles. The third kappa shape index (κ3) is 2.94.